The molecule has 0 atom stereocenters. The van der Waals surface area contributed by atoms with Gasteiger partial charge in [-0.1, -0.05) is 35.3 Å². The highest BCUT2D eigenvalue weighted by Gasteiger charge is 2.21. The fourth-order valence-electron chi connectivity index (χ4n) is 2.74. The van der Waals surface area contributed by atoms with Gasteiger partial charge in [0.1, 0.15) is 5.82 Å². The molecule has 0 bridgehead atoms. The minimum absolute atomic E-state index is 0.175. The quantitative estimate of drug-likeness (QED) is 0.850. The molecule has 0 aromatic heterocycles. The van der Waals surface area contributed by atoms with Crippen LogP contribution in [0.4, 0.5) is 14.9 Å². The molecule has 3 rings (SSSR count). The maximum Gasteiger partial charge on any atom is 0.321 e. The topological polar surface area (TPSA) is 35.6 Å². The normalized spacial score (nSPS) is 15.2. The van der Waals surface area contributed by atoms with Crippen LogP contribution in [0.15, 0.2) is 42.5 Å². The number of rotatable bonds is 3. The minimum Gasteiger partial charge on any atom is -0.322 e. The number of anilines is 1. The number of carbonyl (C=O) groups is 1. The largest absolute Gasteiger partial charge is 0.322 e. The molecule has 0 radical (unpaired) electrons. The number of hydrogen-bond donors (Lipinski definition) is 1. The number of amides is 2. The predicted octanol–water partition coefficient (Wildman–Crippen LogP) is 4.48. The lowest BCUT2D eigenvalue weighted by Crippen LogP contribution is -2.49. The van der Waals surface area contributed by atoms with Crippen molar-refractivity contribution in [3.63, 3.8) is 0 Å². The molecular formula is C18H18Cl2FN3O. The van der Waals surface area contributed by atoms with Gasteiger partial charge in [0.15, 0.2) is 0 Å². The Labute approximate surface area is 156 Å². The summed E-state index contributed by atoms with van der Waals surface area (Å²) >= 11 is 11.9. The van der Waals surface area contributed by atoms with E-state index in [-0.39, 0.29) is 11.8 Å². The third-order valence-electron chi connectivity index (χ3n) is 4.15. The van der Waals surface area contributed by atoms with Crippen molar-refractivity contribution >= 4 is 34.9 Å². The summed E-state index contributed by atoms with van der Waals surface area (Å²) in [5, 5.41) is 3.75. The molecule has 2 aromatic carbocycles. The van der Waals surface area contributed by atoms with Crippen molar-refractivity contribution in [1.82, 2.24) is 9.80 Å². The highest BCUT2D eigenvalue weighted by atomic mass is 35.5. The van der Waals surface area contributed by atoms with E-state index in [4.69, 9.17) is 23.2 Å². The van der Waals surface area contributed by atoms with Crippen LogP contribution in [0, 0.1) is 5.82 Å². The number of halogens is 3. The zero-order valence-corrected chi connectivity index (χ0v) is 15.0. The van der Waals surface area contributed by atoms with Crippen molar-refractivity contribution < 1.29 is 9.18 Å². The fourth-order valence-corrected chi connectivity index (χ4v) is 3.20. The standard InChI is InChI=1S/C18H18Cl2FN3O/c19-14-3-6-17(16(20)11-14)22-18(25)24-9-7-23(8-10-24)12-13-1-4-15(21)5-2-13/h1-6,11H,7-10,12H2,(H,22,25). The van der Waals surface area contributed by atoms with Gasteiger partial charge in [-0.05, 0) is 35.9 Å². The van der Waals surface area contributed by atoms with Crippen LogP contribution < -0.4 is 5.32 Å². The first-order valence-electron chi connectivity index (χ1n) is 7.99. The maximum absolute atomic E-state index is 13.0. The summed E-state index contributed by atoms with van der Waals surface area (Å²) in [5.74, 6) is -0.230. The molecule has 0 unspecified atom stereocenters. The Hall–Kier alpha value is -1.82. The van der Waals surface area contributed by atoms with E-state index in [1.807, 2.05) is 0 Å². The van der Waals surface area contributed by atoms with Gasteiger partial charge in [-0.15, -0.1) is 0 Å². The summed E-state index contributed by atoms with van der Waals surface area (Å²) in [7, 11) is 0. The van der Waals surface area contributed by atoms with Gasteiger partial charge in [-0.3, -0.25) is 4.90 Å². The molecular weight excluding hydrogens is 364 g/mol. The van der Waals surface area contributed by atoms with Crippen molar-refractivity contribution in [1.29, 1.82) is 0 Å². The predicted molar refractivity (Wildman–Crippen MR) is 98.7 cm³/mol. The lowest BCUT2D eigenvalue weighted by molar-refractivity contribution is 0.143. The number of carbonyl (C=O) groups excluding carboxylic acids is 1. The van der Waals surface area contributed by atoms with E-state index in [1.165, 1.54) is 12.1 Å². The first-order valence-corrected chi connectivity index (χ1v) is 8.74. The third-order valence-corrected chi connectivity index (χ3v) is 4.70. The molecule has 1 N–H and O–H groups in total. The van der Waals surface area contributed by atoms with Crippen LogP contribution >= 0.6 is 23.2 Å². The van der Waals surface area contributed by atoms with Crippen LogP contribution in [0.5, 0.6) is 0 Å². The monoisotopic (exact) mass is 381 g/mol. The van der Waals surface area contributed by atoms with Gasteiger partial charge in [0.05, 0.1) is 10.7 Å². The molecule has 132 valence electrons. The number of nitrogens with one attached hydrogen (secondary N) is 1. The molecule has 1 aliphatic heterocycles. The average Bonchev–Trinajstić information content (AvgIpc) is 2.60. The van der Waals surface area contributed by atoms with Gasteiger partial charge < -0.3 is 10.2 Å². The number of urea groups is 1. The lowest BCUT2D eigenvalue weighted by Gasteiger charge is -2.34. The number of nitrogens with zero attached hydrogens (tertiary/aromatic N) is 2. The first kappa shape index (κ1) is 18.0. The van der Waals surface area contributed by atoms with Gasteiger partial charge >= 0.3 is 6.03 Å². The van der Waals surface area contributed by atoms with E-state index < -0.39 is 0 Å². The summed E-state index contributed by atoms with van der Waals surface area (Å²) < 4.78 is 13.0. The van der Waals surface area contributed by atoms with Crippen LogP contribution in [0.2, 0.25) is 10.0 Å². The van der Waals surface area contributed by atoms with E-state index in [9.17, 15) is 9.18 Å². The Morgan fingerprint density at radius 1 is 1.04 bits per heavy atom. The van der Waals surface area contributed by atoms with Gasteiger partial charge in [0, 0.05) is 37.7 Å². The minimum atomic E-state index is -0.230. The molecule has 7 heteroatoms. The molecule has 1 heterocycles. The summed E-state index contributed by atoms with van der Waals surface area (Å²) in [5.41, 5.74) is 1.61. The molecule has 1 saturated heterocycles. The summed E-state index contributed by atoms with van der Waals surface area (Å²) in [6.45, 7) is 3.52. The van der Waals surface area contributed by atoms with Crippen LogP contribution in [-0.4, -0.2) is 42.0 Å². The van der Waals surface area contributed by atoms with Crippen molar-refractivity contribution in [3.05, 3.63) is 63.9 Å². The van der Waals surface area contributed by atoms with Gasteiger partial charge in [0.2, 0.25) is 0 Å². The van der Waals surface area contributed by atoms with E-state index in [0.717, 1.165) is 25.2 Å². The fraction of sp³-hybridized carbons (Fsp3) is 0.278. The molecule has 25 heavy (non-hydrogen) atoms. The molecule has 0 saturated carbocycles. The molecule has 2 aromatic rings. The van der Waals surface area contributed by atoms with Crippen molar-refractivity contribution in [2.45, 2.75) is 6.54 Å². The van der Waals surface area contributed by atoms with E-state index in [0.29, 0.717) is 28.8 Å². The van der Waals surface area contributed by atoms with Gasteiger partial charge in [0.25, 0.3) is 0 Å². The third kappa shape index (κ3) is 4.84. The number of hydrogen-bond acceptors (Lipinski definition) is 2. The molecule has 0 aliphatic carbocycles. The first-order chi connectivity index (χ1) is 12.0. The Bertz CT molecular complexity index is 746. The zero-order valence-electron chi connectivity index (χ0n) is 13.5. The summed E-state index contributed by atoms with van der Waals surface area (Å²) in [6.07, 6.45) is 0. The van der Waals surface area contributed by atoms with E-state index in [2.05, 4.69) is 10.2 Å². The van der Waals surface area contributed by atoms with E-state index in [1.54, 1.807) is 35.2 Å². The van der Waals surface area contributed by atoms with E-state index >= 15 is 0 Å². The molecule has 1 aliphatic rings. The maximum atomic E-state index is 13.0. The molecule has 1 fully saturated rings. The van der Waals surface area contributed by atoms with Gasteiger partial charge in [-0.2, -0.15) is 0 Å². The van der Waals surface area contributed by atoms with Crippen LogP contribution in [0.1, 0.15) is 5.56 Å². The number of benzene rings is 2. The second-order valence-corrected chi connectivity index (χ2v) is 6.79. The summed E-state index contributed by atoms with van der Waals surface area (Å²) in [4.78, 5) is 16.4. The van der Waals surface area contributed by atoms with Gasteiger partial charge in [-0.25, -0.2) is 9.18 Å². The van der Waals surface area contributed by atoms with Crippen LogP contribution in [0.25, 0.3) is 0 Å². The lowest BCUT2D eigenvalue weighted by atomic mass is 10.2. The Morgan fingerprint density at radius 3 is 2.36 bits per heavy atom. The SMILES string of the molecule is O=C(Nc1ccc(Cl)cc1Cl)N1CCN(Cc2ccc(F)cc2)CC1. The highest BCUT2D eigenvalue weighted by molar-refractivity contribution is 6.36. The molecule has 4 nitrogen and oxygen atoms in total. The van der Waals surface area contributed by atoms with Crippen LogP contribution in [-0.2, 0) is 6.54 Å². The Balaban J connectivity index is 1.51. The van der Waals surface area contributed by atoms with Crippen molar-refractivity contribution in [2.75, 3.05) is 31.5 Å². The van der Waals surface area contributed by atoms with Crippen molar-refractivity contribution in [2.24, 2.45) is 0 Å². The molecule has 2 amide bonds. The second kappa shape index (κ2) is 8.04. The number of piperazine rings is 1. The van der Waals surface area contributed by atoms with Crippen molar-refractivity contribution in [3.8, 4) is 0 Å². The second-order valence-electron chi connectivity index (χ2n) is 5.94. The Kier molecular flexibility index (Phi) is 5.78. The zero-order chi connectivity index (χ0) is 17.8. The Morgan fingerprint density at radius 2 is 1.72 bits per heavy atom. The molecule has 0 spiro atoms. The highest BCUT2D eigenvalue weighted by Crippen LogP contribution is 2.25. The average molecular weight is 382 g/mol. The smallest absolute Gasteiger partial charge is 0.321 e. The summed E-state index contributed by atoms with van der Waals surface area (Å²) in [6, 6.07) is 11.3. The van der Waals surface area contributed by atoms with Crippen LogP contribution in [0.3, 0.4) is 0 Å².